The Kier molecular flexibility index (Phi) is 3.99. The van der Waals surface area contributed by atoms with E-state index in [0.29, 0.717) is 11.8 Å². The van der Waals surface area contributed by atoms with E-state index >= 15 is 0 Å². The van der Waals surface area contributed by atoms with Gasteiger partial charge >= 0.3 is 0 Å². The Morgan fingerprint density at radius 3 is 2.75 bits per heavy atom. The summed E-state index contributed by atoms with van der Waals surface area (Å²) in [6.45, 7) is 4.70. The van der Waals surface area contributed by atoms with Crippen LogP contribution in [0, 0.1) is 17.8 Å². The van der Waals surface area contributed by atoms with Crippen LogP contribution in [0.2, 0.25) is 0 Å². The third-order valence-corrected chi connectivity index (χ3v) is 3.57. The van der Waals surface area contributed by atoms with Crippen LogP contribution in [0.25, 0.3) is 0 Å². The zero-order valence-electron chi connectivity index (χ0n) is 9.95. The van der Waals surface area contributed by atoms with Crippen LogP contribution in [0.4, 0.5) is 0 Å². The van der Waals surface area contributed by atoms with E-state index < -0.39 is 0 Å². The van der Waals surface area contributed by atoms with E-state index in [2.05, 4.69) is 12.2 Å². The largest absolute Gasteiger partial charge is 0.381 e. The van der Waals surface area contributed by atoms with Gasteiger partial charge in [-0.1, -0.05) is 13.0 Å². The van der Waals surface area contributed by atoms with Crippen molar-refractivity contribution in [3.8, 4) is 0 Å². The highest BCUT2D eigenvalue weighted by atomic mass is 16.5. The SMILES string of the molecule is C[C@@H]1C[C@H]1/C=C/C(=O)NCC1CCOCC1. The fraction of sp³-hybridized carbons (Fsp3) is 0.769. The van der Waals surface area contributed by atoms with E-state index in [4.69, 9.17) is 4.74 Å². The van der Waals surface area contributed by atoms with Crippen molar-refractivity contribution in [2.75, 3.05) is 19.8 Å². The number of hydrogen-bond donors (Lipinski definition) is 1. The number of amides is 1. The van der Waals surface area contributed by atoms with Crippen molar-refractivity contribution in [1.82, 2.24) is 5.32 Å². The Morgan fingerprint density at radius 2 is 2.12 bits per heavy atom. The van der Waals surface area contributed by atoms with Gasteiger partial charge in [-0.25, -0.2) is 0 Å². The van der Waals surface area contributed by atoms with Gasteiger partial charge in [-0.05, 0) is 43.1 Å². The van der Waals surface area contributed by atoms with Crippen LogP contribution in [0.5, 0.6) is 0 Å². The molecule has 2 atom stereocenters. The summed E-state index contributed by atoms with van der Waals surface area (Å²) in [4.78, 5) is 11.5. The fourth-order valence-electron chi connectivity index (χ4n) is 2.08. The first-order chi connectivity index (χ1) is 7.75. The second-order valence-electron chi connectivity index (χ2n) is 5.04. The highest BCUT2D eigenvalue weighted by Crippen LogP contribution is 2.38. The molecular weight excluding hydrogens is 202 g/mol. The van der Waals surface area contributed by atoms with Crippen LogP contribution in [0.1, 0.15) is 26.2 Å². The van der Waals surface area contributed by atoms with Crippen molar-refractivity contribution in [3.63, 3.8) is 0 Å². The van der Waals surface area contributed by atoms with Gasteiger partial charge in [-0.15, -0.1) is 0 Å². The van der Waals surface area contributed by atoms with Crippen molar-refractivity contribution >= 4 is 5.91 Å². The molecule has 0 bridgehead atoms. The summed E-state index contributed by atoms with van der Waals surface area (Å²) < 4.78 is 5.28. The van der Waals surface area contributed by atoms with Crippen molar-refractivity contribution in [2.24, 2.45) is 17.8 Å². The van der Waals surface area contributed by atoms with Crippen LogP contribution < -0.4 is 5.32 Å². The molecule has 3 nitrogen and oxygen atoms in total. The molecule has 2 aliphatic rings. The maximum atomic E-state index is 11.5. The van der Waals surface area contributed by atoms with Gasteiger partial charge in [-0.3, -0.25) is 4.79 Å². The normalized spacial score (nSPS) is 30.6. The Morgan fingerprint density at radius 1 is 1.44 bits per heavy atom. The minimum Gasteiger partial charge on any atom is -0.381 e. The summed E-state index contributed by atoms with van der Waals surface area (Å²) in [6.07, 6.45) is 7.13. The Hall–Kier alpha value is -0.830. The Labute approximate surface area is 97.2 Å². The average molecular weight is 223 g/mol. The van der Waals surface area contributed by atoms with Crippen LogP contribution in [-0.4, -0.2) is 25.7 Å². The quantitative estimate of drug-likeness (QED) is 0.737. The third-order valence-electron chi connectivity index (χ3n) is 3.57. The van der Waals surface area contributed by atoms with E-state index in [1.54, 1.807) is 6.08 Å². The monoisotopic (exact) mass is 223 g/mol. The maximum Gasteiger partial charge on any atom is 0.243 e. The molecule has 2 rings (SSSR count). The van der Waals surface area contributed by atoms with Gasteiger partial charge in [0.1, 0.15) is 0 Å². The van der Waals surface area contributed by atoms with E-state index in [-0.39, 0.29) is 5.91 Å². The molecule has 1 aliphatic heterocycles. The molecule has 0 aromatic rings. The number of allylic oxidation sites excluding steroid dienone is 1. The lowest BCUT2D eigenvalue weighted by molar-refractivity contribution is -0.116. The molecule has 1 N–H and O–H groups in total. The molecule has 0 aromatic heterocycles. The lowest BCUT2D eigenvalue weighted by atomic mass is 10.0. The lowest BCUT2D eigenvalue weighted by Gasteiger charge is -2.21. The second-order valence-corrected chi connectivity index (χ2v) is 5.04. The summed E-state index contributed by atoms with van der Waals surface area (Å²) in [6, 6.07) is 0. The minimum atomic E-state index is 0.0607. The number of rotatable bonds is 4. The van der Waals surface area contributed by atoms with Crippen molar-refractivity contribution in [2.45, 2.75) is 26.2 Å². The van der Waals surface area contributed by atoms with Gasteiger partial charge in [-0.2, -0.15) is 0 Å². The summed E-state index contributed by atoms with van der Waals surface area (Å²) >= 11 is 0. The summed E-state index contributed by atoms with van der Waals surface area (Å²) in [5.74, 6) is 2.09. The van der Waals surface area contributed by atoms with Gasteiger partial charge in [0.05, 0.1) is 0 Å². The smallest absolute Gasteiger partial charge is 0.243 e. The summed E-state index contributed by atoms with van der Waals surface area (Å²) in [5.41, 5.74) is 0. The Balaban J connectivity index is 1.61. The van der Waals surface area contributed by atoms with Crippen molar-refractivity contribution < 1.29 is 9.53 Å². The molecule has 1 amide bonds. The number of hydrogen-bond acceptors (Lipinski definition) is 2. The molecule has 16 heavy (non-hydrogen) atoms. The molecular formula is C13H21NO2. The molecule has 1 heterocycles. The molecule has 1 saturated carbocycles. The average Bonchev–Trinajstić information content (AvgIpc) is 3.01. The summed E-state index contributed by atoms with van der Waals surface area (Å²) in [5, 5.41) is 2.97. The van der Waals surface area contributed by atoms with Crippen LogP contribution >= 0.6 is 0 Å². The molecule has 0 aromatic carbocycles. The van der Waals surface area contributed by atoms with Gasteiger partial charge in [0.2, 0.25) is 5.91 Å². The van der Waals surface area contributed by atoms with Gasteiger partial charge < -0.3 is 10.1 Å². The maximum absolute atomic E-state index is 11.5. The van der Waals surface area contributed by atoms with E-state index in [1.807, 2.05) is 6.08 Å². The highest BCUT2D eigenvalue weighted by molar-refractivity contribution is 5.87. The first-order valence-electron chi connectivity index (χ1n) is 6.29. The second kappa shape index (κ2) is 5.48. The van der Waals surface area contributed by atoms with Crippen molar-refractivity contribution in [3.05, 3.63) is 12.2 Å². The highest BCUT2D eigenvalue weighted by Gasteiger charge is 2.29. The molecule has 0 unspecified atom stereocenters. The first kappa shape index (κ1) is 11.6. The zero-order valence-corrected chi connectivity index (χ0v) is 9.95. The first-order valence-corrected chi connectivity index (χ1v) is 6.29. The molecule has 0 spiro atoms. The molecule has 2 fully saturated rings. The molecule has 90 valence electrons. The lowest BCUT2D eigenvalue weighted by Crippen LogP contribution is -2.31. The predicted octanol–water partition coefficient (Wildman–Crippen LogP) is 1.74. The van der Waals surface area contributed by atoms with Crippen LogP contribution in [0.3, 0.4) is 0 Å². The van der Waals surface area contributed by atoms with Gasteiger partial charge in [0, 0.05) is 19.8 Å². The standard InChI is InChI=1S/C13H21NO2/c1-10-8-12(10)2-3-13(15)14-9-11-4-6-16-7-5-11/h2-3,10-12H,4-9H2,1H3,(H,14,15)/b3-2+/t10-,12-/m1/s1. The van der Waals surface area contributed by atoms with Crippen LogP contribution in [-0.2, 0) is 9.53 Å². The summed E-state index contributed by atoms with van der Waals surface area (Å²) in [7, 11) is 0. The Bertz CT molecular complexity index is 269. The topological polar surface area (TPSA) is 38.3 Å². The van der Waals surface area contributed by atoms with Crippen LogP contribution in [0.15, 0.2) is 12.2 Å². The van der Waals surface area contributed by atoms with E-state index in [9.17, 15) is 4.79 Å². The molecule has 3 heteroatoms. The molecule has 1 aliphatic carbocycles. The fourth-order valence-corrected chi connectivity index (χ4v) is 2.08. The third kappa shape index (κ3) is 3.63. The molecule has 1 saturated heterocycles. The number of carbonyl (C=O) groups excluding carboxylic acids is 1. The molecule has 0 radical (unpaired) electrons. The van der Waals surface area contributed by atoms with Crippen molar-refractivity contribution in [1.29, 1.82) is 0 Å². The number of ether oxygens (including phenoxy) is 1. The van der Waals surface area contributed by atoms with E-state index in [0.717, 1.165) is 38.5 Å². The van der Waals surface area contributed by atoms with E-state index in [1.165, 1.54) is 6.42 Å². The predicted molar refractivity (Wildman–Crippen MR) is 63.0 cm³/mol. The number of nitrogens with one attached hydrogen (secondary N) is 1. The van der Waals surface area contributed by atoms with Gasteiger partial charge in [0.25, 0.3) is 0 Å². The minimum absolute atomic E-state index is 0.0607. The zero-order chi connectivity index (χ0) is 11.4. The number of carbonyl (C=O) groups is 1. The van der Waals surface area contributed by atoms with Gasteiger partial charge in [0.15, 0.2) is 0 Å².